The van der Waals surface area contributed by atoms with Crippen molar-refractivity contribution in [2.24, 2.45) is 5.73 Å². The molecule has 0 aliphatic carbocycles. The third-order valence-electron chi connectivity index (χ3n) is 2.19. The van der Waals surface area contributed by atoms with Gasteiger partial charge in [0.15, 0.2) is 0 Å². The summed E-state index contributed by atoms with van der Waals surface area (Å²) in [6, 6.07) is 7.22. The molecule has 0 fully saturated rings. The highest BCUT2D eigenvalue weighted by Crippen LogP contribution is 2.28. The fraction of sp³-hybridized carbons (Fsp3) is 0.364. The number of rotatable bonds is 4. The normalized spacial score (nSPS) is 14.2. The van der Waals surface area contributed by atoms with Gasteiger partial charge in [-0.2, -0.15) is 0 Å². The smallest absolute Gasteiger partial charge is 0.404 e. The molecule has 5 heteroatoms. The second-order valence-corrected chi connectivity index (χ2v) is 3.73. The summed E-state index contributed by atoms with van der Waals surface area (Å²) in [5.74, 6) is 0. The van der Waals surface area contributed by atoms with Crippen LogP contribution in [0.5, 0.6) is 0 Å². The fourth-order valence-electron chi connectivity index (χ4n) is 1.52. The summed E-state index contributed by atoms with van der Waals surface area (Å²) in [4.78, 5) is 10.7. The molecule has 0 unspecified atom stereocenters. The van der Waals surface area contributed by atoms with Gasteiger partial charge in [0.2, 0.25) is 0 Å². The Labute approximate surface area is 99.3 Å². The van der Waals surface area contributed by atoms with Crippen molar-refractivity contribution in [3.05, 3.63) is 34.9 Å². The molecular formula is C11H14ClNO3. The molecule has 1 aromatic rings. The number of carbonyl (C=O) groups is 1. The van der Waals surface area contributed by atoms with Crippen LogP contribution >= 0.6 is 11.6 Å². The van der Waals surface area contributed by atoms with Crippen LogP contribution in [-0.2, 0) is 9.47 Å². The number of halogens is 1. The van der Waals surface area contributed by atoms with E-state index in [1.165, 1.54) is 7.11 Å². The molecule has 0 heterocycles. The number of benzene rings is 1. The Balaban J connectivity index is 2.90. The summed E-state index contributed by atoms with van der Waals surface area (Å²) >= 11 is 6.03. The van der Waals surface area contributed by atoms with Gasteiger partial charge in [-0.3, -0.25) is 0 Å². The molecule has 16 heavy (non-hydrogen) atoms. The van der Waals surface area contributed by atoms with Crippen LogP contribution in [0.4, 0.5) is 4.79 Å². The van der Waals surface area contributed by atoms with Crippen molar-refractivity contribution in [3.8, 4) is 0 Å². The maximum Gasteiger partial charge on any atom is 0.404 e. The zero-order valence-electron chi connectivity index (χ0n) is 9.14. The molecule has 0 aromatic heterocycles. The van der Waals surface area contributed by atoms with Gasteiger partial charge in [0.1, 0.15) is 12.2 Å². The molecule has 2 atom stereocenters. The van der Waals surface area contributed by atoms with Crippen LogP contribution in [0.25, 0.3) is 0 Å². The van der Waals surface area contributed by atoms with Crippen molar-refractivity contribution in [1.29, 1.82) is 0 Å². The first-order valence-corrected chi connectivity index (χ1v) is 5.17. The minimum Gasteiger partial charge on any atom is -0.444 e. The minimum absolute atomic E-state index is 0.429. The molecule has 0 spiro atoms. The van der Waals surface area contributed by atoms with Gasteiger partial charge >= 0.3 is 6.09 Å². The van der Waals surface area contributed by atoms with E-state index < -0.39 is 18.3 Å². The number of hydrogen-bond acceptors (Lipinski definition) is 3. The van der Waals surface area contributed by atoms with Crippen LogP contribution in [0.2, 0.25) is 5.02 Å². The van der Waals surface area contributed by atoms with Crippen molar-refractivity contribution >= 4 is 17.7 Å². The molecule has 0 radical (unpaired) electrons. The Morgan fingerprint density at radius 1 is 1.44 bits per heavy atom. The Morgan fingerprint density at radius 2 is 2.06 bits per heavy atom. The number of methoxy groups -OCH3 is 1. The molecule has 1 aromatic carbocycles. The molecule has 88 valence electrons. The van der Waals surface area contributed by atoms with Gasteiger partial charge in [-0.25, -0.2) is 4.79 Å². The van der Waals surface area contributed by atoms with Gasteiger partial charge < -0.3 is 15.2 Å². The Morgan fingerprint density at radius 3 is 2.56 bits per heavy atom. The van der Waals surface area contributed by atoms with Crippen LogP contribution in [0.3, 0.4) is 0 Å². The van der Waals surface area contributed by atoms with Gasteiger partial charge in [0.05, 0.1) is 0 Å². The number of primary amides is 1. The number of ether oxygens (including phenoxy) is 2. The van der Waals surface area contributed by atoms with Crippen molar-refractivity contribution < 1.29 is 14.3 Å². The lowest BCUT2D eigenvalue weighted by atomic mass is 10.1. The molecule has 1 amide bonds. The summed E-state index contributed by atoms with van der Waals surface area (Å²) in [5, 5.41) is 0.564. The van der Waals surface area contributed by atoms with Crippen molar-refractivity contribution in [2.45, 2.75) is 19.1 Å². The maximum atomic E-state index is 10.7. The third-order valence-corrected chi connectivity index (χ3v) is 2.54. The average Bonchev–Trinajstić information content (AvgIpc) is 2.20. The van der Waals surface area contributed by atoms with E-state index in [0.29, 0.717) is 5.02 Å². The lowest BCUT2D eigenvalue weighted by molar-refractivity contribution is -0.0120. The van der Waals surface area contributed by atoms with Gasteiger partial charge in [0.25, 0.3) is 0 Å². The highest BCUT2D eigenvalue weighted by molar-refractivity contribution is 6.31. The molecule has 4 nitrogen and oxygen atoms in total. The van der Waals surface area contributed by atoms with E-state index in [2.05, 4.69) is 0 Å². The molecule has 0 saturated carbocycles. The van der Waals surface area contributed by atoms with Crippen LogP contribution in [0.15, 0.2) is 24.3 Å². The highest BCUT2D eigenvalue weighted by atomic mass is 35.5. The number of carbonyl (C=O) groups excluding carboxylic acids is 1. The first-order chi connectivity index (χ1) is 7.56. The van der Waals surface area contributed by atoms with Gasteiger partial charge in [0, 0.05) is 17.7 Å². The van der Waals surface area contributed by atoms with E-state index in [1.54, 1.807) is 13.0 Å². The quantitative estimate of drug-likeness (QED) is 0.884. The maximum absolute atomic E-state index is 10.7. The standard InChI is InChI=1S/C11H14ClNO3/c1-7(16-11(13)14)10(15-2)8-5-3-4-6-9(8)12/h3-7,10H,1-2H3,(H2,13,14)/t7-,10+/m0/s1. The zero-order valence-corrected chi connectivity index (χ0v) is 9.90. The average molecular weight is 244 g/mol. The summed E-state index contributed by atoms with van der Waals surface area (Å²) in [5.41, 5.74) is 5.72. The number of hydrogen-bond donors (Lipinski definition) is 1. The molecular weight excluding hydrogens is 230 g/mol. The number of amides is 1. The number of nitrogens with two attached hydrogens (primary N) is 1. The van der Waals surface area contributed by atoms with E-state index in [0.717, 1.165) is 5.56 Å². The first kappa shape index (κ1) is 12.8. The van der Waals surface area contributed by atoms with Crippen molar-refractivity contribution in [1.82, 2.24) is 0 Å². The largest absolute Gasteiger partial charge is 0.444 e. The molecule has 0 aliphatic heterocycles. The van der Waals surface area contributed by atoms with Crippen molar-refractivity contribution in [2.75, 3.05) is 7.11 Å². The van der Waals surface area contributed by atoms with Crippen LogP contribution in [0, 0.1) is 0 Å². The topological polar surface area (TPSA) is 61.6 Å². The Kier molecular flexibility index (Phi) is 4.58. The zero-order chi connectivity index (χ0) is 12.1. The summed E-state index contributed by atoms with van der Waals surface area (Å²) in [6.07, 6.45) is -1.76. The predicted octanol–water partition coefficient (Wildman–Crippen LogP) is 2.51. The second-order valence-electron chi connectivity index (χ2n) is 3.32. The lowest BCUT2D eigenvalue weighted by Gasteiger charge is -2.23. The van der Waals surface area contributed by atoms with Gasteiger partial charge in [-0.05, 0) is 13.0 Å². The fourth-order valence-corrected chi connectivity index (χ4v) is 1.77. The van der Waals surface area contributed by atoms with E-state index in [9.17, 15) is 4.79 Å². The molecule has 0 aliphatic rings. The first-order valence-electron chi connectivity index (χ1n) is 4.79. The van der Waals surface area contributed by atoms with Crippen molar-refractivity contribution in [3.63, 3.8) is 0 Å². The Bertz CT molecular complexity index is 370. The third kappa shape index (κ3) is 3.12. The summed E-state index contributed by atoms with van der Waals surface area (Å²) in [7, 11) is 1.52. The van der Waals surface area contributed by atoms with Crippen LogP contribution < -0.4 is 5.73 Å². The van der Waals surface area contributed by atoms with E-state index in [1.807, 2.05) is 18.2 Å². The van der Waals surface area contributed by atoms with E-state index in [4.69, 9.17) is 26.8 Å². The van der Waals surface area contributed by atoms with Gasteiger partial charge in [-0.1, -0.05) is 29.8 Å². The predicted molar refractivity (Wildman–Crippen MR) is 61.3 cm³/mol. The second kappa shape index (κ2) is 5.72. The van der Waals surface area contributed by atoms with E-state index >= 15 is 0 Å². The lowest BCUT2D eigenvalue weighted by Crippen LogP contribution is -2.27. The monoisotopic (exact) mass is 243 g/mol. The molecule has 2 N–H and O–H groups in total. The molecule has 1 rings (SSSR count). The molecule has 0 bridgehead atoms. The highest BCUT2D eigenvalue weighted by Gasteiger charge is 2.23. The summed E-state index contributed by atoms with van der Waals surface area (Å²) in [6.45, 7) is 1.70. The van der Waals surface area contributed by atoms with Gasteiger partial charge in [-0.15, -0.1) is 0 Å². The van der Waals surface area contributed by atoms with Crippen LogP contribution in [-0.4, -0.2) is 19.3 Å². The Hall–Kier alpha value is -1.26. The molecule has 0 saturated heterocycles. The summed E-state index contributed by atoms with van der Waals surface area (Å²) < 4.78 is 10.1. The van der Waals surface area contributed by atoms with Crippen LogP contribution in [0.1, 0.15) is 18.6 Å². The SMILES string of the molecule is CO[C@@H](c1ccccc1Cl)[C@H](C)OC(N)=O. The van der Waals surface area contributed by atoms with E-state index in [-0.39, 0.29) is 0 Å². The minimum atomic E-state index is -0.832.